The molecule has 3 nitrogen and oxygen atoms in total. The van der Waals surface area contributed by atoms with Gasteiger partial charge in [-0.2, -0.15) is 0 Å². The van der Waals surface area contributed by atoms with E-state index in [4.69, 9.17) is 17.4 Å². The second-order valence-corrected chi connectivity index (χ2v) is 7.28. The zero-order valence-electron chi connectivity index (χ0n) is 11.1. The molecule has 0 spiro atoms. The monoisotopic (exact) mass is 287 g/mol. The van der Waals surface area contributed by atoms with Crippen molar-refractivity contribution in [3.63, 3.8) is 0 Å². The standard InChI is InChI=1S/C13H22ClN3S/c1-13(2,17-7-3-4-8-17)11(16-15)9-10-5-6-12(14)18-10/h5-6,11,16H,3-4,7-9,15H2,1-2H3. The van der Waals surface area contributed by atoms with Crippen molar-refractivity contribution in [2.75, 3.05) is 13.1 Å². The van der Waals surface area contributed by atoms with Crippen molar-refractivity contribution in [3.8, 4) is 0 Å². The molecule has 0 aromatic carbocycles. The molecule has 0 aliphatic carbocycles. The summed E-state index contributed by atoms with van der Waals surface area (Å²) < 4.78 is 0.847. The molecule has 102 valence electrons. The number of hydrazine groups is 1. The van der Waals surface area contributed by atoms with Gasteiger partial charge in [-0.05, 0) is 51.9 Å². The minimum absolute atomic E-state index is 0.0711. The summed E-state index contributed by atoms with van der Waals surface area (Å²) in [5, 5.41) is 0. The van der Waals surface area contributed by atoms with Crippen LogP contribution in [0.1, 0.15) is 31.6 Å². The van der Waals surface area contributed by atoms with Gasteiger partial charge in [-0.3, -0.25) is 16.2 Å². The number of nitrogens with two attached hydrogens (primary N) is 1. The smallest absolute Gasteiger partial charge is 0.0931 e. The topological polar surface area (TPSA) is 41.3 Å². The molecule has 0 radical (unpaired) electrons. The van der Waals surface area contributed by atoms with Crippen LogP contribution >= 0.6 is 22.9 Å². The molecule has 1 atom stereocenters. The van der Waals surface area contributed by atoms with E-state index >= 15 is 0 Å². The molecule has 0 amide bonds. The average Bonchev–Trinajstić information content (AvgIpc) is 2.96. The van der Waals surface area contributed by atoms with Gasteiger partial charge >= 0.3 is 0 Å². The van der Waals surface area contributed by atoms with Gasteiger partial charge in [-0.25, -0.2) is 0 Å². The molecule has 1 aromatic heterocycles. The quantitative estimate of drug-likeness (QED) is 0.646. The maximum atomic E-state index is 5.98. The Balaban J connectivity index is 2.06. The third kappa shape index (κ3) is 3.06. The maximum absolute atomic E-state index is 5.98. The van der Waals surface area contributed by atoms with Crippen molar-refractivity contribution < 1.29 is 0 Å². The highest BCUT2D eigenvalue weighted by Gasteiger charge is 2.36. The lowest BCUT2D eigenvalue weighted by atomic mass is 9.90. The van der Waals surface area contributed by atoms with E-state index in [0.29, 0.717) is 0 Å². The normalized spacial score (nSPS) is 19.3. The van der Waals surface area contributed by atoms with Gasteiger partial charge in [0.1, 0.15) is 0 Å². The first-order chi connectivity index (χ1) is 8.54. The summed E-state index contributed by atoms with van der Waals surface area (Å²) >= 11 is 7.63. The van der Waals surface area contributed by atoms with Crippen LogP contribution in [-0.4, -0.2) is 29.6 Å². The van der Waals surface area contributed by atoms with E-state index in [1.807, 2.05) is 6.07 Å². The zero-order chi connectivity index (χ0) is 13.2. The second-order valence-electron chi connectivity index (χ2n) is 5.48. The van der Waals surface area contributed by atoms with Gasteiger partial charge in [0.2, 0.25) is 0 Å². The van der Waals surface area contributed by atoms with E-state index in [-0.39, 0.29) is 11.6 Å². The summed E-state index contributed by atoms with van der Waals surface area (Å²) in [7, 11) is 0. The first-order valence-corrected chi connectivity index (χ1v) is 7.69. The highest BCUT2D eigenvalue weighted by Crippen LogP contribution is 2.29. The Hall–Kier alpha value is -0.130. The van der Waals surface area contributed by atoms with Crippen molar-refractivity contribution in [2.24, 2.45) is 5.84 Å². The second kappa shape index (κ2) is 5.88. The molecule has 0 bridgehead atoms. The number of hydrogen-bond donors (Lipinski definition) is 2. The first kappa shape index (κ1) is 14.3. The summed E-state index contributed by atoms with van der Waals surface area (Å²) in [5.41, 5.74) is 3.07. The molecular weight excluding hydrogens is 266 g/mol. The number of thiophene rings is 1. The maximum Gasteiger partial charge on any atom is 0.0931 e. The Labute approximate surface area is 118 Å². The number of hydrogen-bond acceptors (Lipinski definition) is 4. The minimum atomic E-state index is 0.0711. The van der Waals surface area contributed by atoms with Crippen LogP contribution in [0.5, 0.6) is 0 Å². The molecule has 0 saturated carbocycles. The molecule has 2 rings (SSSR count). The van der Waals surface area contributed by atoms with Crippen LogP contribution in [0.15, 0.2) is 12.1 Å². The Morgan fingerprint density at radius 2 is 2.11 bits per heavy atom. The first-order valence-electron chi connectivity index (χ1n) is 6.49. The molecule has 1 aromatic rings. The van der Waals surface area contributed by atoms with E-state index in [9.17, 15) is 0 Å². The molecule has 5 heteroatoms. The van der Waals surface area contributed by atoms with E-state index in [1.54, 1.807) is 11.3 Å². The predicted molar refractivity (Wildman–Crippen MR) is 79.0 cm³/mol. The van der Waals surface area contributed by atoms with Gasteiger partial charge in [0, 0.05) is 22.9 Å². The van der Waals surface area contributed by atoms with Crippen LogP contribution in [-0.2, 0) is 6.42 Å². The lowest BCUT2D eigenvalue weighted by Gasteiger charge is -2.41. The lowest BCUT2D eigenvalue weighted by molar-refractivity contribution is 0.107. The van der Waals surface area contributed by atoms with Crippen molar-refractivity contribution in [2.45, 2.75) is 44.7 Å². The third-order valence-corrected chi connectivity index (χ3v) is 5.26. The van der Waals surface area contributed by atoms with Gasteiger partial charge in [0.05, 0.1) is 4.34 Å². The molecule has 1 unspecified atom stereocenters. The molecule has 1 aliphatic heterocycles. The predicted octanol–water partition coefficient (Wildman–Crippen LogP) is 2.65. The van der Waals surface area contributed by atoms with Crippen LogP contribution in [0.2, 0.25) is 4.34 Å². The summed E-state index contributed by atoms with van der Waals surface area (Å²) in [5.74, 6) is 5.78. The number of likely N-dealkylation sites (tertiary alicyclic amines) is 1. The highest BCUT2D eigenvalue weighted by molar-refractivity contribution is 7.16. The number of rotatable bonds is 5. The molecule has 2 heterocycles. The van der Waals surface area contributed by atoms with Gasteiger partial charge in [-0.15, -0.1) is 11.3 Å². The fourth-order valence-corrected chi connectivity index (χ4v) is 3.82. The molecule has 18 heavy (non-hydrogen) atoms. The highest BCUT2D eigenvalue weighted by atomic mass is 35.5. The summed E-state index contributed by atoms with van der Waals surface area (Å²) in [6, 6.07) is 4.29. The Bertz CT molecular complexity index is 385. The Morgan fingerprint density at radius 3 is 2.61 bits per heavy atom. The van der Waals surface area contributed by atoms with Crippen LogP contribution in [0.3, 0.4) is 0 Å². The van der Waals surface area contributed by atoms with Gasteiger partial charge < -0.3 is 0 Å². The van der Waals surface area contributed by atoms with E-state index < -0.39 is 0 Å². The van der Waals surface area contributed by atoms with Crippen molar-refractivity contribution in [1.82, 2.24) is 10.3 Å². The largest absolute Gasteiger partial charge is 0.297 e. The van der Waals surface area contributed by atoms with Crippen LogP contribution < -0.4 is 11.3 Å². The summed E-state index contributed by atoms with van der Waals surface area (Å²) in [4.78, 5) is 3.82. The fraction of sp³-hybridized carbons (Fsp3) is 0.692. The van der Waals surface area contributed by atoms with Gasteiger partial charge in [0.25, 0.3) is 0 Å². The number of halogens is 1. The molecule has 1 saturated heterocycles. The summed E-state index contributed by atoms with van der Waals surface area (Å²) in [6.07, 6.45) is 3.52. The summed E-state index contributed by atoms with van der Waals surface area (Å²) in [6.45, 7) is 6.91. The van der Waals surface area contributed by atoms with Crippen LogP contribution in [0.25, 0.3) is 0 Å². The van der Waals surface area contributed by atoms with Gasteiger partial charge in [0.15, 0.2) is 0 Å². The fourth-order valence-electron chi connectivity index (χ4n) is 2.69. The average molecular weight is 288 g/mol. The van der Waals surface area contributed by atoms with Crippen LogP contribution in [0, 0.1) is 0 Å². The molecule has 3 N–H and O–H groups in total. The Morgan fingerprint density at radius 1 is 1.44 bits per heavy atom. The van der Waals surface area contributed by atoms with Crippen molar-refractivity contribution in [3.05, 3.63) is 21.3 Å². The molecule has 1 fully saturated rings. The van der Waals surface area contributed by atoms with Crippen LogP contribution in [0.4, 0.5) is 0 Å². The van der Waals surface area contributed by atoms with E-state index in [0.717, 1.165) is 10.8 Å². The third-order valence-electron chi connectivity index (χ3n) is 4.01. The minimum Gasteiger partial charge on any atom is -0.297 e. The number of nitrogens with one attached hydrogen (secondary N) is 1. The van der Waals surface area contributed by atoms with Crippen molar-refractivity contribution in [1.29, 1.82) is 0 Å². The van der Waals surface area contributed by atoms with E-state index in [1.165, 1.54) is 30.8 Å². The molecular formula is C13H22ClN3S. The lowest BCUT2D eigenvalue weighted by Crippen LogP contribution is -2.59. The Kier molecular flexibility index (Phi) is 4.67. The van der Waals surface area contributed by atoms with Gasteiger partial charge in [-0.1, -0.05) is 11.6 Å². The van der Waals surface area contributed by atoms with E-state index in [2.05, 4.69) is 30.2 Å². The zero-order valence-corrected chi connectivity index (χ0v) is 12.7. The molecule has 1 aliphatic rings. The number of nitrogens with zero attached hydrogens (tertiary/aromatic N) is 1. The van der Waals surface area contributed by atoms with Crippen molar-refractivity contribution >= 4 is 22.9 Å². The SMILES string of the molecule is CC(C)(C(Cc1ccc(Cl)s1)NN)N1CCCC1.